The van der Waals surface area contributed by atoms with Crippen LogP contribution in [0.2, 0.25) is 0 Å². The number of alkyl halides is 1. The van der Waals surface area contributed by atoms with Gasteiger partial charge in [0.1, 0.15) is 0 Å². The lowest BCUT2D eigenvalue weighted by Gasteiger charge is -2.25. The fourth-order valence-corrected chi connectivity index (χ4v) is 1.74. The van der Waals surface area contributed by atoms with E-state index in [2.05, 4.69) is 10.6 Å². The molecule has 12 heavy (non-hydrogen) atoms. The Morgan fingerprint density at radius 2 is 2.50 bits per heavy atom. The van der Waals surface area contributed by atoms with Gasteiger partial charge in [0.2, 0.25) is 5.91 Å². The van der Waals surface area contributed by atoms with E-state index in [1.807, 2.05) is 0 Å². The minimum Gasteiger partial charge on any atom is -0.356 e. The first-order valence-electron chi connectivity index (χ1n) is 4.20. The molecule has 0 spiro atoms. The second kappa shape index (κ2) is 4.10. The minimum absolute atomic E-state index is 0.0198. The van der Waals surface area contributed by atoms with Crippen molar-refractivity contribution in [3.8, 4) is 0 Å². The van der Waals surface area contributed by atoms with Crippen LogP contribution in [0.3, 0.4) is 0 Å². The van der Waals surface area contributed by atoms with Crippen LogP contribution in [0.5, 0.6) is 0 Å². The molecular formula is C8H15ClN2O. The maximum atomic E-state index is 10.7. The minimum atomic E-state index is 0.0198. The largest absolute Gasteiger partial charge is 0.356 e. The zero-order valence-corrected chi connectivity index (χ0v) is 8.08. The van der Waals surface area contributed by atoms with E-state index in [0.29, 0.717) is 12.4 Å². The first-order valence-corrected chi connectivity index (χ1v) is 4.73. The average molecular weight is 191 g/mol. The van der Waals surface area contributed by atoms with Crippen LogP contribution in [0.4, 0.5) is 0 Å². The molecule has 0 radical (unpaired) electrons. The maximum absolute atomic E-state index is 10.7. The summed E-state index contributed by atoms with van der Waals surface area (Å²) in [5, 5.41) is 6.07. The third-order valence-electron chi connectivity index (χ3n) is 2.33. The highest BCUT2D eigenvalue weighted by Crippen LogP contribution is 2.25. The molecule has 1 aliphatic rings. The first-order chi connectivity index (χ1) is 5.68. The van der Waals surface area contributed by atoms with Crippen LogP contribution in [-0.4, -0.2) is 31.4 Å². The van der Waals surface area contributed by atoms with Crippen molar-refractivity contribution in [3.05, 3.63) is 0 Å². The molecule has 0 saturated carbocycles. The Kier molecular flexibility index (Phi) is 3.35. The van der Waals surface area contributed by atoms with E-state index in [-0.39, 0.29) is 11.3 Å². The van der Waals surface area contributed by atoms with Gasteiger partial charge in [0.05, 0.1) is 0 Å². The lowest BCUT2D eigenvalue weighted by molar-refractivity contribution is -0.119. The van der Waals surface area contributed by atoms with Gasteiger partial charge in [-0.25, -0.2) is 0 Å². The highest BCUT2D eigenvalue weighted by Gasteiger charge is 2.32. The Balaban J connectivity index is 2.39. The molecule has 70 valence electrons. The summed E-state index contributed by atoms with van der Waals surface area (Å²) in [5.41, 5.74) is 0.0905. The number of hydrogen-bond donors (Lipinski definition) is 2. The van der Waals surface area contributed by atoms with Gasteiger partial charge in [-0.15, -0.1) is 11.6 Å². The number of carbonyl (C=O) groups is 1. The molecule has 1 saturated heterocycles. The Morgan fingerprint density at radius 3 is 2.92 bits per heavy atom. The highest BCUT2D eigenvalue weighted by molar-refractivity contribution is 6.18. The fourth-order valence-electron chi connectivity index (χ4n) is 1.42. The molecule has 1 aliphatic heterocycles. The van der Waals surface area contributed by atoms with Crippen LogP contribution in [0.25, 0.3) is 0 Å². The molecule has 0 aromatic carbocycles. The molecule has 1 amide bonds. The van der Waals surface area contributed by atoms with Crippen molar-refractivity contribution in [2.75, 3.05) is 25.5 Å². The zero-order chi connectivity index (χ0) is 9.03. The summed E-state index contributed by atoms with van der Waals surface area (Å²) in [5.74, 6) is 0.631. The van der Waals surface area contributed by atoms with E-state index >= 15 is 0 Å². The molecule has 0 bridgehead atoms. The van der Waals surface area contributed by atoms with Crippen molar-refractivity contribution in [3.63, 3.8) is 0 Å². The summed E-state index contributed by atoms with van der Waals surface area (Å²) in [7, 11) is 0. The van der Waals surface area contributed by atoms with Crippen LogP contribution in [0.1, 0.15) is 13.3 Å². The van der Waals surface area contributed by atoms with Gasteiger partial charge in [0, 0.05) is 31.3 Å². The van der Waals surface area contributed by atoms with Crippen LogP contribution in [-0.2, 0) is 4.79 Å². The lowest BCUT2D eigenvalue weighted by Crippen LogP contribution is -2.39. The topological polar surface area (TPSA) is 41.1 Å². The smallest absolute Gasteiger partial charge is 0.216 e. The van der Waals surface area contributed by atoms with Crippen LogP contribution < -0.4 is 10.6 Å². The normalized spacial score (nSPS) is 28.8. The number of rotatable bonds is 3. The van der Waals surface area contributed by atoms with Crippen molar-refractivity contribution in [2.24, 2.45) is 5.41 Å². The van der Waals surface area contributed by atoms with Gasteiger partial charge in [-0.2, -0.15) is 0 Å². The molecule has 1 atom stereocenters. The zero-order valence-electron chi connectivity index (χ0n) is 7.32. The fraction of sp³-hybridized carbons (Fsp3) is 0.875. The molecule has 4 heteroatoms. The predicted octanol–water partition coefficient (Wildman–Crippen LogP) is 0.341. The van der Waals surface area contributed by atoms with Crippen molar-refractivity contribution in [2.45, 2.75) is 13.3 Å². The van der Waals surface area contributed by atoms with Gasteiger partial charge in [0.25, 0.3) is 0 Å². The summed E-state index contributed by atoms with van der Waals surface area (Å²) in [6.07, 6.45) is 1.05. The molecule has 0 aromatic heterocycles. The van der Waals surface area contributed by atoms with Crippen LogP contribution in [0, 0.1) is 5.41 Å². The lowest BCUT2D eigenvalue weighted by atomic mass is 9.89. The third kappa shape index (κ3) is 2.35. The van der Waals surface area contributed by atoms with E-state index in [0.717, 1.165) is 19.5 Å². The van der Waals surface area contributed by atoms with E-state index in [9.17, 15) is 4.79 Å². The number of hydrogen-bond acceptors (Lipinski definition) is 2. The molecule has 1 unspecified atom stereocenters. The van der Waals surface area contributed by atoms with Crippen molar-refractivity contribution in [1.29, 1.82) is 0 Å². The summed E-state index contributed by atoms with van der Waals surface area (Å²) >= 11 is 5.86. The highest BCUT2D eigenvalue weighted by atomic mass is 35.5. The SMILES string of the molecule is CC(=O)NCC1(CCl)CCNC1. The van der Waals surface area contributed by atoms with Crippen molar-refractivity contribution >= 4 is 17.5 Å². The Morgan fingerprint density at radius 1 is 1.75 bits per heavy atom. The second-order valence-corrected chi connectivity index (χ2v) is 3.74. The van der Waals surface area contributed by atoms with Gasteiger partial charge < -0.3 is 10.6 Å². The molecule has 1 fully saturated rings. The standard InChI is InChI=1S/C8H15ClN2O/c1-7(12)11-6-8(4-9)2-3-10-5-8/h10H,2-6H2,1H3,(H,11,12). The molecule has 0 aromatic rings. The summed E-state index contributed by atoms with van der Waals surface area (Å²) < 4.78 is 0. The second-order valence-electron chi connectivity index (χ2n) is 3.47. The van der Waals surface area contributed by atoms with Crippen LogP contribution in [0.15, 0.2) is 0 Å². The molecule has 1 heterocycles. The van der Waals surface area contributed by atoms with E-state index in [1.165, 1.54) is 6.92 Å². The third-order valence-corrected chi connectivity index (χ3v) is 2.89. The van der Waals surface area contributed by atoms with Crippen LogP contribution >= 0.6 is 11.6 Å². The van der Waals surface area contributed by atoms with E-state index in [4.69, 9.17) is 11.6 Å². The van der Waals surface area contributed by atoms with Gasteiger partial charge in [-0.05, 0) is 13.0 Å². The monoisotopic (exact) mass is 190 g/mol. The van der Waals surface area contributed by atoms with Gasteiger partial charge in [0.15, 0.2) is 0 Å². The summed E-state index contributed by atoms with van der Waals surface area (Å²) in [6.45, 7) is 4.15. The Labute approximate surface area is 77.9 Å². The molecular weight excluding hydrogens is 176 g/mol. The van der Waals surface area contributed by atoms with Crippen molar-refractivity contribution in [1.82, 2.24) is 10.6 Å². The van der Waals surface area contributed by atoms with E-state index in [1.54, 1.807) is 0 Å². The quantitative estimate of drug-likeness (QED) is 0.631. The number of carbonyl (C=O) groups excluding carboxylic acids is 1. The first kappa shape index (κ1) is 9.81. The Bertz CT molecular complexity index is 166. The van der Waals surface area contributed by atoms with Gasteiger partial charge >= 0.3 is 0 Å². The maximum Gasteiger partial charge on any atom is 0.216 e. The summed E-state index contributed by atoms with van der Waals surface area (Å²) in [4.78, 5) is 10.7. The molecule has 0 aliphatic carbocycles. The number of halogens is 1. The number of nitrogens with one attached hydrogen (secondary N) is 2. The molecule has 1 rings (SSSR count). The summed E-state index contributed by atoms with van der Waals surface area (Å²) in [6, 6.07) is 0. The van der Waals surface area contributed by atoms with Crippen molar-refractivity contribution < 1.29 is 4.79 Å². The molecule has 3 nitrogen and oxygen atoms in total. The van der Waals surface area contributed by atoms with Gasteiger partial charge in [-0.3, -0.25) is 4.79 Å². The Hall–Kier alpha value is -0.280. The van der Waals surface area contributed by atoms with E-state index < -0.39 is 0 Å². The predicted molar refractivity (Wildman–Crippen MR) is 49.3 cm³/mol. The average Bonchev–Trinajstić information content (AvgIpc) is 2.50. The molecule has 2 N–H and O–H groups in total. The van der Waals surface area contributed by atoms with Gasteiger partial charge in [-0.1, -0.05) is 0 Å². The number of amides is 1.